The Bertz CT molecular complexity index is 160. The molecular weight excluding hydrogens is 202 g/mol. The predicted molar refractivity (Wildman–Crippen MR) is 37.3 cm³/mol. The third kappa shape index (κ3) is 2.73. The van der Waals surface area contributed by atoms with Gasteiger partial charge in [-0.1, -0.05) is 34.8 Å². The van der Waals surface area contributed by atoms with Crippen molar-refractivity contribution in [3.05, 3.63) is 0 Å². The van der Waals surface area contributed by atoms with Gasteiger partial charge in [0.15, 0.2) is 0 Å². The molecule has 0 spiro atoms. The average Bonchev–Trinajstić information content (AvgIpc) is 1.83. The molecule has 0 aliphatic rings. The average molecular weight is 205 g/mol. The zero-order valence-electron chi connectivity index (χ0n) is 4.86. The van der Waals surface area contributed by atoms with Crippen molar-refractivity contribution in [3.8, 4) is 0 Å². The van der Waals surface area contributed by atoms with Gasteiger partial charge in [0.2, 0.25) is 0 Å². The molecule has 0 aromatic rings. The van der Waals surface area contributed by atoms with Crippen LogP contribution in [0.5, 0.6) is 0 Å². The second kappa shape index (κ2) is 3.42. The van der Waals surface area contributed by atoms with Crippen molar-refractivity contribution >= 4 is 46.6 Å². The highest BCUT2D eigenvalue weighted by molar-refractivity contribution is 6.81. The number of carbonyl (C=O) groups excluding carboxylic acids is 2. The minimum absolute atomic E-state index is 1.02. The van der Waals surface area contributed by atoms with Crippen molar-refractivity contribution in [1.82, 2.24) is 0 Å². The number of esters is 1. The number of hydrogen-bond donors (Lipinski definition) is 0. The zero-order valence-corrected chi connectivity index (χ0v) is 7.13. The van der Waals surface area contributed by atoms with E-state index in [2.05, 4.69) is 4.74 Å². The van der Waals surface area contributed by atoms with Gasteiger partial charge in [-0.3, -0.25) is 4.79 Å². The molecule has 0 unspecified atom stereocenters. The molecule has 0 radical (unpaired) electrons. The molecule has 0 rings (SSSR count). The number of Topliss-reactive ketones (excluding diaryl/α,β-unsaturated/α-hetero) is 1. The molecular formula is C4H3Cl3O3. The molecule has 0 aromatic heterocycles. The number of rotatable bonds is 1. The second-order valence-electron chi connectivity index (χ2n) is 1.32. The summed E-state index contributed by atoms with van der Waals surface area (Å²) >= 11 is 15.1. The summed E-state index contributed by atoms with van der Waals surface area (Å²) in [6.45, 7) is 0. The van der Waals surface area contributed by atoms with Crippen LogP contribution in [0.2, 0.25) is 0 Å². The minimum atomic E-state index is -2.22. The summed E-state index contributed by atoms with van der Waals surface area (Å²) in [4.78, 5) is 20.9. The number of carbonyl (C=O) groups is 2. The van der Waals surface area contributed by atoms with Crippen molar-refractivity contribution in [2.45, 2.75) is 3.79 Å². The van der Waals surface area contributed by atoms with Crippen LogP contribution in [0, 0.1) is 0 Å². The molecule has 58 valence electrons. The molecule has 0 saturated carbocycles. The first-order valence-corrected chi connectivity index (χ1v) is 3.22. The third-order valence-electron chi connectivity index (χ3n) is 0.628. The molecule has 0 amide bonds. The Kier molecular flexibility index (Phi) is 3.42. The lowest BCUT2D eigenvalue weighted by Crippen LogP contribution is -2.28. The van der Waals surface area contributed by atoms with Crippen LogP contribution in [0.1, 0.15) is 0 Å². The largest absolute Gasteiger partial charge is 0.463 e. The highest BCUT2D eigenvalue weighted by atomic mass is 35.6. The van der Waals surface area contributed by atoms with Crippen LogP contribution in [0.3, 0.4) is 0 Å². The van der Waals surface area contributed by atoms with E-state index in [1.54, 1.807) is 0 Å². The lowest BCUT2D eigenvalue weighted by atomic mass is 10.4. The van der Waals surface area contributed by atoms with Gasteiger partial charge < -0.3 is 4.74 Å². The molecule has 0 saturated heterocycles. The zero-order chi connectivity index (χ0) is 8.36. The van der Waals surface area contributed by atoms with Crippen molar-refractivity contribution in [3.63, 3.8) is 0 Å². The topological polar surface area (TPSA) is 43.4 Å². The molecule has 6 heteroatoms. The van der Waals surface area contributed by atoms with Crippen molar-refractivity contribution in [2.75, 3.05) is 7.11 Å². The lowest BCUT2D eigenvalue weighted by molar-refractivity contribution is -0.151. The van der Waals surface area contributed by atoms with E-state index in [1.165, 1.54) is 0 Å². The second-order valence-corrected chi connectivity index (χ2v) is 3.60. The van der Waals surface area contributed by atoms with Crippen LogP contribution in [0.15, 0.2) is 0 Å². The normalized spacial score (nSPS) is 10.8. The smallest absolute Gasteiger partial charge is 0.379 e. The maximum Gasteiger partial charge on any atom is 0.379 e. The molecule has 0 bridgehead atoms. The fourth-order valence-electron chi connectivity index (χ4n) is 0.208. The molecule has 0 aliphatic heterocycles. The van der Waals surface area contributed by atoms with Crippen LogP contribution < -0.4 is 0 Å². The Morgan fingerprint density at radius 2 is 1.70 bits per heavy atom. The van der Waals surface area contributed by atoms with Gasteiger partial charge in [0.05, 0.1) is 7.11 Å². The predicted octanol–water partition coefficient (Wildman–Crippen LogP) is 1.10. The Morgan fingerprint density at radius 3 is 1.80 bits per heavy atom. The number of ketones is 1. The summed E-state index contributed by atoms with van der Waals surface area (Å²) in [5.74, 6) is -2.36. The van der Waals surface area contributed by atoms with Crippen LogP contribution in [0.4, 0.5) is 0 Å². The van der Waals surface area contributed by atoms with E-state index < -0.39 is 15.5 Å². The summed E-state index contributed by atoms with van der Waals surface area (Å²) in [5.41, 5.74) is 0. The first-order chi connectivity index (χ1) is 4.39. The van der Waals surface area contributed by atoms with Crippen LogP contribution >= 0.6 is 34.8 Å². The van der Waals surface area contributed by atoms with E-state index in [4.69, 9.17) is 34.8 Å². The van der Waals surface area contributed by atoms with Crippen molar-refractivity contribution < 1.29 is 14.3 Å². The van der Waals surface area contributed by atoms with E-state index in [-0.39, 0.29) is 0 Å². The number of methoxy groups -OCH3 is 1. The summed E-state index contributed by atoms with van der Waals surface area (Å²) < 4.78 is 1.78. The minimum Gasteiger partial charge on any atom is -0.463 e. The fourth-order valence-corrected chi connectivity index (χ4v) is 0.440. The van der Waals surface area contributed by atoms with Crippen LogP contribution in [-0.4, -0.2) is 22.7 Å². The molecule has 0 atom stereocenters. The fraction of sp³-hybridized carbons (Fsp3) is 0.500. The highest BCUT2D eigenvalue weighted by Gasteiger charge is 2.36. The van der Waals surface area contributed by atoms with Gasteiger partial charge in [0, 0.05) is 0 Å². The SMILES string of the molecule is COC(=O)C(=O)C(Cl)(Cl)Cl. The summed E-state index contributed by atoms with van der Waals surface area (Å²) in [7, 11) is 1.02. The quantitative estimate of drug-likeness (QED) is 0.366. The molecule has 0 fully saturated rings. The van der Waals surface area contributed by atoms with Crippen LogP contribution in [-0.2, 0) is 14.3 Å². The van der Waals surface area contributed by atoms with Gasteiger partial charge >= 0.3 is 5.97 Å². The maximum absolute atomic E-state index is 10.5. The number of ether oxygens (including phenoxy) is 1. The van der Waals surface area contributed by atoms with E-state index in [0.717, 1.165) is 7.11 Å². The van der Waals surface area contributed by atoms with Gasteiger partial charge in [0.25, 0.3) is 9.58 Å². The van der Waals surface area contributed by atoms with Gasteiger partial charge in [-0.2, -0.15) is 0 Å². The van der Waals surface area contributed by atoms with Gasteiger partial charge in [-0.25, -0.2) is 4.79 Å². The summed E-state index contributed by atoms with van der Waals surface area (Å²) in [6, 6.07) is 0. The van der Waals surface area contributed by atoms with Crippen molar-refractivity contribution in [2.24, 2.45) is 0 Å². The molecule has 3 nitrogen and oxygen atoms in total. The first-order valence-electron chi connectivity index (χ1n) is 2.09. The van der Waals surface area contributed by atoms with Gasteiger partial charge in [-0.15, -0.1) is 0 Å². The van der Waals surface area contributed by atoms with E-state index in [9.17, 15) is 9.59 Å². The number of halogens is 3. The van der Waals surface area contributed by atoms with Gasteiger partial charge in [-0.05, 0) is 0 Å². The Hall–Kier alpha value is 0.01000. The number of alkyl halides is 3. The highest BCUT2D eigenvalue weighted by Crippen LogP contribution is 2.27. The van der Waals surface area contributed by atoms with Crippen LogP contribution in [0.25, 0.3) is 0 Å². The lowest BCUT2D eigenvalue weighted by Gasteiger charge is -2.05. The maximum atomic E-state index is 10.5. The first kappa shape index (κ1) is 10.0. The molecule has 0 aliphatic carbocycles. The summed E-state index contributed by atoms with van der Waals surface area (Å²) in [6.07, 6.45) is 0. The standard InChI is InChI=1S/C4H3Cl3O3/c1-10-3(9)2(8)4(5,6)7/h1H3. The molecule has 0 N–H and O–H groups in total. The Labute approximate surface area is 72.2 Å². The Balaban J connectivity index is 4.24. The molecule has 10 heavy (non-hydrogen) atoms. The molecule has 0 aromatic carbocycles. The van der Waals surface area contributed by atoms with E-state index >= 15 is 0 Å². The van der Waals surface area contributed by atoms with Crippen molar-refractivity contribution in [1.29, 1.82) is 0 Å². The Morgan fingerprint density at radius 1 is 1.30 bits per heavy atom. The summed E-state index contributed by atoms with van der Waals surface area (Å²) in [5, 5.41) is 0. The number of hydrogen-bond acceptors (Lipinski definition) is 3. The van der Waals surface area contributed by atoms with Gasteiger partial charge in [0.1, 0.15) is 0 Å². The third-order valence-corrected chi connectivity index (χ3v) is 1.14. The monoisotopic (exact) mass is 204 g/mol. The van der Waals surface area contributed by atoms with E-state index in [1.807, 2.05) is 0 Å². The molecule has 0 heterocycles. The van der Waals surface area contributed by atoms with E-state index in [0.29, 0.717) is 0 Å².